The van der Waals surface area contributed by atoms with E-state index in [0.29, 0.717) is 5.75 Å². The number of nitrogens with zero attached hydrogens (tertiary/aromatic N) is 1. The first kappa shape index (κ1) is 12.8. The fourth-order valence-corrected chi connectivity index (χ4v) is 3.39. The van der Waals surface area contributed by atoms with Crippen LogP contribution < -0.4 is 0 Å². The lowest BCUT2D eigenvalue weighted by Crippen LogP contribution is -2.46. The second kappa shape index (κ2) is 4.72. The first-order valence-corrected chi connectivity index (χ1v) is 6.02. The number of methoxy groups -OCH3 is 1. The highest BCUT2D eigenvalue weighted by Gasteiger charge is 2.43. The van der Waals surface area contributed by atoms with Crippen LogP contribution in [0.3, 0.4) is 0 Å². The van der Waals surface area contributed by atoms with Gasteiger partial charge in [-0.2, -0.15) is 0 Å². The second-order valence-corrected chi connectivity index (χ2v) is 5.86. The number of aliphatic hydroxyl groups excluding tert-OH is 1. The van der Waals surface area contributed by atoms with Gasteiger partial charge in [0.15, 0.2) is 0 Å². The Labute approximate surface area is 95.0 Å². The van der Waals surface area contributed by atoms with E-state index in [1.807, 2.05) is 0 Å². The Kier molecular flexibility index (Phi) is 4.03. The van der Waals surface area contributed by atoms with E-state index in [-0.39, 0.29) is 29.5 Å². The van der Waals surface area contributed by atoms with Crippen molar-refractivity contribution in [3.05, 3.63) is 0 Å². The van der Waals surface area contributed by atoms with E-state index >= 15 is 0 Å². The Hall–Kier alpha value is -0.260. The van der Waals surface area contributed by atoms with Crippen LogP contribution in [0.2, 0.25) is 0 Å². The molecule has 1 aliphatic heterocycles. The molecule has 0 spiro atoms. The third kappa shape index (κ3) is 2.65. The van der Waals surface area contributed by atoms with Crippen molar-refractivity contribution in [1.82, 2.24) is 4.90 Å². The fraction of sp³-hybridized carbons (Fsp3) is 0.900. The molecule has 0 aromatic heterocycles. The van der Waals surface area contributed by atoms with Crippen LogP contribution in [0.1, 0.15) is 20.8 Å². The summed E-state index contributed by atoms with van der Waals surface area (Å²) < 4.78 is 4.72. The Morgan fingerprint density at radius 2 is 2.20 bits per heavy atom. The molecule has 1 aliphatic rings. The molecule has 1 heterocycles. The summed E-state index contributed by atoms with van der Waals surface area (Å²) in [6, 6.07) is -0.311. The highest BCUT2D eigenvalue weighted by molar-refractivity contribution is 8.00. The fourth-order valence-electron chi connectivity index (χ4n) is 1.80. The largest absolute Gasteiger partial charge is 0.468 e. The quantitative estimate of drug-likeness (QED) is 0.718. The second-order valence-electron chi connectivity index (χ2n) is 4.75. The van der Waals surface area contributed by atoms with Crippen molar-refractivity contribution in [2.24, 2.45) is 5.41 Å². The SMILES string of the molecule is COC(=O)C1CS[C@H](C(C)(C)C)N1CO. The summed E-state index contributed by atoms with van der Waals surface area (Å²) in [6.07, 6.45) is 0. The van der Waals surface area contributed by atoms with Gasteiger partial charge >= 0.3 is 5.97 Å². The summed E-state index contributed by atoms with van der Waals surface area (Å²) in [7, 11) is 1.38. The molecule has 0 amide bonds. The predicted molar refractivity (Wildman–Crippen MR) is 60.4 cm³/mol. The van der Waals surface area contributed by atoms with Crippen LogP contribution in [-0.2, 0) is 9.53 Å². The van der Waals surface area contributed by atoms with Gasteiger partial charge in [-0.05, 0) is 5.41 Å². The predicted octanol–water partition coefficient (Wildman–Crippen LogP) is 0.899. The van der Waals surface area contributed by atoms with Crippen molar-refractivity contribution < 1.29 is 14.6 Å². The molecule has 0 aromatic carbocycles. The Balaban J connectivity index is 2.78. The Bertz CT molecular complexity index is 239. The van der Waals surface area contributed by atoms with Crippen molar-refractivity contribution in [1.29, 1.82) is 0 Å². The van der Waals surface area contributed by atoms with Gasteiger partial charge in [-0.15, -0.1) is 11.8 Å². The number of carbonyl (C=O) groups excluding carboxylic acids is 1. The molecule has 0 bridgehead atoms. The van der Waals surface area contributed by atoms with Crippen LogP contribution in [0.4, 0.5) is 0 Å². The van der Waals surface area contributed by atoms with Crippen LogP contribution in [0.15, 0.2) is 0 Å². The maximum Gasteiger partial charge on any atom is 0.324 e. The first-order valence-electron chi connectivity index (χ1n) is 4.98. The smallest absolute Gasteiger partial charge is 0.324 e. The van der Waals surface area contributed by atoms with E-state index in [4.69, 9.17) is 4.74 Å². The maximum absolute atomic E-state index is 11.5. The first-order chi connectivity index (χ1) is 6.91. The lowest BCUT2D eigenvalue weighted by molar-refractivity contribution is -0.148. The molecule has 0 radical (unpaired) electrons. The maximum atomic E-state index is 11.5. The zero-order valence-corrected chi connectivity index (χ0v) is 10.5. The van der Waals surface area contributed by atoms with Gasteiger partial charge < -0.3 is 9.84 Å². The number of ether oxygens (including phenoxy) is 1. The van der Waals surface area contributed by atoms with Gasteiger partial charge in [-0.3, -0.25) is 9.69 Å². The number of aliphatic hydroxyl groups is 1. The van der Waals surface area contributed by atoms with Crippen molar-refractivity contribution in [2.45, 2.75) is 32.2 Å². The molecule has 1 unspecified atom stereocenters. The standard InChI is InChI=1S/C10H19NO3S/c1-10(2,3)9-11(6-12)7(5-15-9)8(13)14-4/h7,9,12H,5-6H2,1-4H3/t7?,9-/m1/s1. The van der Waals surface area contributed by atoms with E-state index in [2.05, 4.69) is 20.8 Å². The third-order valence-corrected chi connectivity index (χ3v) is 4.29. The summed E-state index contributed by atoms with van der Waals surface area (Å²) in [4.78, 5) is 13.3. The van der Waals surface area contributed by atoms with Crippen LogP contribution in [-0.4, -0.2) is 47.0 Å². The molecule has 4 nitrogen and oxygen atoms in total. The molecule has 88 valence electrons. The summed E-state index contributed by atoms with van der Waals surface area (Å²) in [6.45, 7) is 6.21. The minimum atomic E-state index is -0.311. The van der Waals surface area contributed by atoms with Crippen molar-refractivity contribution in [2.75, 3.05) is 19.6 Å². The van der Waals surface area contributed by atoms with Gasteiger partial charge in [0.1, 0.15) is 6.04 Å². The highest BCUT2D eigenvalue weighted by atomic mass is 32.2. The number of hydrogen-bond acceptors (Lipinski definition) is 5. The molecule has 0 saturated carbocycles. The summed E-state index contributed by atoms with van der Waals surface area (Å²) >= 11 is 1.70. The van der Waals surface area contributed by atoms with Gasteiger partial charge in [-0.25, -0.2) is 0 Å². The summed E-state index contributed by atoms with van der Waals surface area (Å²) in [5, 5.41) is 9.48. The average molecular weight is 233 g/mol. The number of rotatable bonds is 2. The molecule has 2 atom stereocenters. The molecule has 5 heteroatoms. The van der Waals surface area contributed by atoms with E-state index in [1.54, 1.807) is 16.7 Å². The molecule has 15 heavy (non-hydrogen) atoms. The van der Waals surface area contributed by atoms with Gasteiger partial charge in [0.2, 0.25) is 0 Å². The molecule has 1 rings (SSSR count). The van der Waals surface area contributed by atoms with Crippen LogP contribution in [0, 0.1) is 5.41 Å². The number of thioether (sulfide) groups is 1. The van der Waals surface area contributed by atoms with Gasteiger partial charge in [0.25, 0.3) is 0 Å². The van der Waals surface area contributed by atoms with E-state index in [9.17, 15) is 9.90 Å². The van der Waals surface area contributed by atoms with Crippen LogP contribution in [0.5, 0.6) is 0 Å². The van der Waals surface area contributed by atoms with E-state index < -0.39 is 0 Å². The zero-order chi connectivity index (χ0) is 11.6. The normalized spacial score (nSPS) is 28.1. The zero-order valence-electron chi connectivity index (χ0n) is 9.69. The van der Waals surface area contributed by atoms with Crippen molar-refractivity contribution in [3.63, 3.8) is 0 Å². The molecule has 0 aromatic rings. The van der Waals surface area contributed by atoms with E-state index in [0.717, 1.165) is 0 Å². The minimum Gasteiger partial charge on any atom is -0.468 e. The summed E-state index contributed by atoms with van der Waals surface area (Å²) in [5.41, 5.74) is 0.0379. The topological polar surface area (TPSA) is 49.8 Å². The lowest BCUT2D eigenvalue weighted by Gasteiger charge is -2.34. The minimum absolute atomic E-state index is 0.0379. The Morgan fingerprint density at radius 3 is 2.60 bits per heavy atom. The van der Waals surface area contributed by atoms with Crippen LogP contribution in [0.25, 0.3) is 0 Å². The van der Waals surface area contributed by atoms with E-state index in [1.165, 1.54) is 7.11 Å². The molecule has 1 fully saturated rings. The van der Waals surface area contributed by atoms with Crippen molar-refractivity contribution >= 4 is 17.7 Å². The molecular formula is C10H19NO3S. The van der Waals surface area contributed by atoms with Gasteiger partial charge in [0.05, 0.1) is 19.2 Å². The van der Waals surface area contributed by atoms with Crippen molar-refractivity contribution in [3.8, 4) is 0 Å². The Morgan fingerprint density at radius 1 is 1.60 bits per heavy atom. The monoisotopic (exact) mass is 233 g/mol. The molecular weight excluding hydrogens is 214 g/mol. The number of hydrogen-bond donors (Lipinski definition) is 1. The van der Waals surface area contributed by atoms with Gasteiger partial charge in [0, 0.05) is 5.75 Å². The van der Waals surface area contributed by atoms with Crippen LogP contribution >= 0.6 is 11.8 Å². The summed E-state index contributed by atoms with van der Waals surface area (Å²) in [5.74, 6) is 0.429. The van der Waals surface area contributed by atoms with Gasteiger partial charge in [-0.1, -0.05) is 20.8 Å². The molecule has 1 N–H and O–H groups in total. The third-order valence-electron chi connectivity index (χ3n) is 2.49. The molecule has 1 saturated heterocycles. The highest BCUT2D eigenvalue weighted by Crippen LogP contribution is 2.40. The average Bonchev–Trinajstić information content (AvgIpc) is 2.59. The lowest BCUT2D eigenvalue weighted by atomic mass is 9.95. The molecule has 0 aliphatic carbocycles. The number of esters is 1. The number of carbonyl (C=O) groups is 1.